The van der Waals surface area contributed by atoms with E-state index in [0.717, 1.165) is 0 Å². The van der Waals surface area contributed by atoms with E-state index in [1.807, 2.05) is 0 Å². The van der Waals surface area contributed by atoms with Crippen LogP contribution >= 0.6 is 0 Å². The number of aromatic nitrogens is 2. The molecule has 1 saturated heterocycles. The summed E-state index contributed by atoms with van der Waals surface area (Å²) in [6.07, 6.45) is 0.877. The Hall–Kier alpha value is -2.96. The van der Waals surface area contributed by atoms with Crippen LogP contribution in [-0.4, -0.2) is 66.9 Å². The average molecular weight is 689 g/mol. The van der Waals surface area contributed by atoms with Crippen molar-refractivity contribution in [3.63, 3.8) is 0 Å². The Morgan fingerprint density at radius 3 is 2.38 bits per heavy atom. The summed E-state index contributed by atoms with van der Waals surface area (Å²) in [6, 6.07) is 6.21. The van der Waals surface area contributed by atoms with Crippen molar-refractivity contribution < 1.29 is 28.4 Å². The van der Waals surface area contributed by atoms with Crippen LogP contribution in [0.2, 0.25) is 36.3 Å². The first kappa shape index (κ1) is 36.9. The van der Waals surface area contributed by atoms with Gasteiger partial charge in [-0.05, 0) is 36.3 Å². The molecule has 0 bridgehead atoms. The molecule has 47 heavy (non-hydrogen) atoms. The number of benzene rings is 1. The molecular formula is C32H52N6O7Si2. The number of nitro groups is 1. The van der Waals surface area contributed by atoms with Gasteiger partial charge in [0.05, 0.1) is 24.0 Å². The fourth-order valence-electron chi connectivity index (χ4n) is 5.31. The molecule has 4 rings (SSSR count). The van der Waals surface area contributed by atoms with Crippen LogP contribution in [0, 0.1) is 10.1 Å². The average Bonchev–Trinajstić information content (AvgIpc) is 3.53. The van der Waals surface area contributed by atoms with E-state index in [1.54, 1.807) is 36.0 Å². The van der Waals surface area contributed by atoms with Gasteiger partial charge in [0.25, 0.3) is 5.69 Å². The topological polar surface area (TPSA) is 162 Å². The van der Waals surface area contributed by atoms with E-state index >= 15 is 0 Å². The SMILES string of the molecule is CC(=O)NC1=NC(O)(C(C)c2ccccc2[N+](=O)[O-])c2ncn([C@H]3C[C@H](O[Si](C)(C)C(C)(C)C)[C@@H](CO[Si](C)(C)C(C)(C)C)O3)c2N1. The van der Waals surface area contributed by atoms with Gasteiger partial charge < -0.3 is 24.0 Å². The highest BCUT2D eigenvalue weighted by Gasteiger charge is 2.50. The lowest BCUT2D eigenvalue weighted by molar-refractivity contribution is -0.386. The molecule has 1 amide bonds. The zero-order valence-corrected chi connectivity index (χ0v) is 31.8. The van der Waals surface area contributed by atoms with Gasteiger partial charge in [-0.15, -0.1) is 0 Å². The maximum atomic E-state index is 12.2. The summed E-state index contributed by atoms with van der Waals surface area (Å²) in [6.45, 7) is 25.4. The zero-order valence-electron chi connectivity index (χ0n) is 29.8. The Balaban J connectivity index is 1.75. The molecule has 1 aromatic heterocycles. The molecule has 15 heteroatoms. The molecule has 13 nitrogen and oxygen atoms in total. The van der Waals surface area contributed by atoms with Crippen molar-refractivity contribution in [2.45, 2.75) is 128 Å². The summed E-state index contributed by atoms with van der Waals surface area (Å²) in [5.74, 6) is -0.973. The van der Waals surface area contributed by atoms with Gasteiger partial charge in [0.15, 0.2) is 16.6 Å². The van der Waals surface area contributed by atoms with Gasteiger partial charge >= 0.3 is 0 Å². The van der Waals surface area contributed by atoms with Crippen molar-refractivity contribution in [1.29, 1.82) is 0 Å². The van der Waals surface area contributed by atoms with Gasteiger partial charge in [-0.1, -0.05) is 66.7 Å². The van der Waals surface area contributed by atoms with Crippen LogP contribution in [0.4, 0.5) is 11.5 Å². The first-order valence-corrected chi connectivity index (χ1v) is 21.9. The first-order valence-electron chi connectivity index (χ1n) is 16.1. The molecule has 1 aromatic carbocycles. The Kier molecular flexibility index (Phi) is 10.1. The quantitative estimate of drug-likeness (QED) is 0.155. The number of anilines is 1. The predicted octanol–water partition coefficient (Wildman–Crippen LogP) is 6.36. The summed E-state index contributed by atoms with van der Waals surface area (Å²) in [5.41, 5.74) is -1.78. The third kappa shape index (κ3) is 7.39. The minimum Gasteiger partial charge on any atom is -0.414 e. The maximum absolute atomic E-state index is 12.2. The lowest BCUT2D eigenvalue weighted by atomic mass is 9.86. The molecule has 2 aliphatic rings. The first-order chi connectivity index (χ1) is 21.5. The van der Waals surface area contributed by atoms with Crippen molar-refractivity contribution in [2.75, 3.05) is 11.9 Å². The van der Waals surface area contributed by atoms with Crippen LogP contribution in [0.5, 0.6) is 0 Å². The third-order valence-electron chi connectivity index (χ3n) is 10.3. The van der Waals surface area contributed by atoms with E-state index in [-0.39, 0.29) is 45.2 Å². The number of nitrogens with zero attached hydrogens (tertiary/aromatic N) is 4. The second-order valence-corrected chi connectivity index (χ2v) is 25.3. The number of aliphatic imine (C=N–C) groups is 1. The van der Waals surface area contributed by atoms with Crippen molar-refractivity contribution in [3.8, 4) is 0 Å². The molecule has 2 unspecified atom stereocenters. The van der Waals surface area contributed by atoms with Gasteiger partial charge in [0.1, 0.15) is 23.8 Å². The van der Waals surface area contributed by atoms with Crippen LogP contribution in [0.3, 0.4) is 0 Å². The number of carbonyl (C=O) groups excluding carboxylic acids is 1. The summed E-state index contributed by atoms with van der Waals surface area (Å²) in [7, 11) is -4.32. The number of amides is 1. The molecule has 0 radical (unpaired) electrons. The highest BCUT2D eigenvalue weighted by atomic mass is 28.4. The smallest absolute Gasteiger partial charge is 0.273 e. The Morgan fingerprint density at radius 1 is 1.19 bits per heavy atom. The lowest BCUT2D eigenvalue weighted by Crippen LogP contribution is -2.48. The molecule has 2 aliphatic heterocycles. The van der Waals surface area contributed by atoms with E-state index in [1.165, 1.54) is 13.0 Å². The van der Waals surface area contributed by atoms with Crippen LogP contribution in [0.15, 0.2) is 35.6 Å². The molecule has 0 saturated carbocycles. The minimum atomic E-state index is -2.21. The summed E-state index contributed by atoms with van der Waals surface area (Å²) in [4.78, 5) is 32.6. The Labute approximate surface area is 279 Å². The van der Waals surface area contributed by atoms with Crippen LogP contribution in [0.1, 0.15) is 85.2 Å². The monoisotopic (exact) mass is 688 g/mol. The van der Waals surface area contributed by atoms with E-state index in [4.69, 9.17) is 13.6 Å². The highest BCUT2D eigenvalue weighted by molar-refractivity contribution is 6.74. The second kappa shape index (κ2) is 12.8. The predicted molar refractivity (Wildman–Crippen MR) is 186 cm³/mol. The number of hydrogen-bond acceptors (Lipinski definition) is 10. The molecule has 260 valence electrons. The number of fused-ring (bicyclic) bond motifs is 1. The number of carbonyl (C=O) groups is 1. The third-order valence-corrected chi connectivity index (χ3v) is 19.3. The number of rotatable bonds is 9. The highest BCUT2D eigenvalue weighted by Crippen LogP contribution is 2.47. The van der Waals surface area contributed by atoms with Crippen molar-refractivity contribution >= 4 is 40.0 Å². The van der Waals surface area contributed by atoms with E-state index in [0.29, 0.717) is 18.8 Å². The van der Waals surface area contributed by atoms with Crippen LogP contribution in [-0.2, 0) is 24.1 Å². The van der Waals surface area contributed by atoms with E-state index in [2.05, 4.69) is 88.3 Å². The molecular weight excluding hydrogens is 637 g/mol. The molecule has 5 atom stereocenters. The Bertz CT molecular complexity index is 1530. The largest absolute Gasteiger partial charge is 0.414 e. The normalized spacial score (nSPS) is 24.3. The van der Waals surface area contributed by atoms with Gasteiger partial charge in [-0.2, -0.15) is 0 Å². The van der Waals surface area contributed by atoms with Crippen molar-refractivity contribution in [1.82, 2.24) is 14.9 Å². The molecule has 3 N–H and O–H groups in total. The van der Waals surface area contributed by atoms with Gasteiger partial charge in [-0.25, -0.2) is 9.98 Å². The van der Waals surface area contributed by atoms with Gasteiger partial charge in [-0.3, -0.25) is 24.8 Å². The van der Waals surface area contributed by atoms with E-state index in [9.17, 15) is 20.0 Å². The van der Waals surface area contributed by atoms with Crippen LogP contribution < -0.4 is 10.6 Å². The van der Waals surface area contributed by atoms with Crippen LogP contribution in [0.25, 0.3) is 0 Å². The molecule has 3 heterocycles. The Morgan fingerprint density at radius 2 is 1.81 bits per heavy atom. The number of ether oxygens (including phenoxy) is 1. The molecule has 0 aliphatic carbocycles. The maximum Gasteiger partial charge on any atom is 0.273 e. The molecule has 0 spiro atoms. The van der Waals surface area contributed by atoms with Crippen molar-refractivity contribution in [3.05, 3.63) is 52.0 Å². The van der Waals surface area contributed by atoms with Gasteiger partial charge in [0.2, 0.25) is 17.6 Å². The zero-order chi connectivity index (χ0) is 35.3. The summed E-state index contributed by atoms with van der Waals surface area (Å²) in [5, 5.41) is 29.9. The van der Waals surface area contributed by atoms with Gasteiger partial charge in [0, 0.05) is 30.9 Å². The standard InChI is InChI=1S/C32H52N6O7Si2/c1-20(22-15-13-14-16-23(22)38(41)42)32(40)27-28(35-29(36-32)34-21(2)39)37(19-33-27)26-17-24(45-47(11,12)31(6,7)8)25(44-26)18-43-46(9,10)30(3,4)5/h13-16,19-20,24-26,40H,17-18H2,1-12H3,(H2,34,35,36,39)/t20?,24-,25+,26+,32?/m0/s1. The summed E-state index contributed by atoms with van der Waals surface area (Å²) >= 11 is 0. The number of para-hydroxylation sites is 1. The number of nitrogens with one attached hydrogen (secondary N) is 2. The number of guanidine groups is 1. The van der Waals surface area contributed by atoms with Crippen molar-refractivity contribution in [2.24, 2.45) is 4.99 Å². The summed E-state index contributed by atoms with van der Waals surface area (Å²) < 4.78 is 22.1. The minimum absolute atomic E-state index is 0.00966. The number of nitro benzene ring substituents is 1. The fourth-order valence-corrected chi connectivity index (χ4v) is 7.68. The van der Waals surface area contributed by atoms with E-state index < -0.39 is 45.3 Å². The molecule has 1 fully saturated rings. The number of hydrogen-bond donors (Lipinski definition) is 3. The second-order valence-electron chi connectivity index (χ2n) is 15.7. The molecule has 2 aromatic rings. The number of aliphatic hydroxyl groups is 1. The lowest BCUT2D eigenvalue weighted by Gasteiger charge is -2.40. The fraction of sp³-hybridized carbons (Fsp3) is 0.656. The number of imidazole rings is 1.